The molecule has 4 nitrogen and oxygen atoms in total. The van der Waals surface area contributed by atoms with E-state index < -0.39 is 0 Å². The lowest BCUT2D eigenvalue weighted by atomic mass is 10.1. The molecule has 0 aliphatic heterocycles. The molecule has 26 heavy (non-hydrogen) atoms. The van der Waals surface area contributed by atoms with Gasteiger partial charge in [0.15, 0.2) is 0 Å². The first-order valence-electron chi connectivity index (χ1n) is 8.59. The average molecular weight is 341 g/mol. The van der Waals surface area contributed by atoms with E-state index in [4.69, 9.17) is 10.7 Å². The number of fused-ring (bicyclic) bond motifs is 1. The van der Waals surface area contributed by atoms with Crippen LogP contribution in [0.25, 0.3) is 22.3 Å². The maximum Gasteiger partial charge on any atom is 0.261 e. The zero-order valence-corrected chi connectivity index (χ0v) is 14.3. The number of hydrogen-bond acceptors (Lipinski definition) is 3. The Labute approximate surface area is 151 Å². The van der Waals surface area contributed by atoms with Gasteiger partial charge in [-0.05, 0) is 23.3 Å². The van der Waals surface area contributed by atoms with E-state index in [9.17, 15) is 4.79 Å². The van der Waals surface area contributed by atoms with Gasteiger partial charge in [-0.1, -0.05) is 66.7 Å². The van der Waals surface area contributed by atoms with Gasteiger partial charge in [-0.25, -0.2) is 4.98 Å². The molecule has 0 radical (unpaired) electrons. The average Bonchev–Trinajstić information content (AvgIpc) is 2.71. The Morgan fingerprint density at radius 1 is 0.846 bits per heavy atom. The molecule has 0 atom stereocenters. The molecule has 0 aliphatic rings. The van der Waals surface area contributed by atoms with E-state index in [2.05, 4.69) is 0 Å². The summed E-state index contributed by atoms with van der Waals surface area (Å²) in [7, 11) is 0. The molecule has 4 rings (SSSR count). The Balaban J connectivity index is 1.93. The monoisotopic (exact) mass is 341 g/mol. The standard InChI is InChI=1S/C22H19N3O/c23-14-16-7-6-8-17(13-16)15-25-21(18-9-2-1-3-10-18)24-20-12-5-4-11-19(20)22(25)26/h1-13H,14-15,23H2. The molecule has 4 aromatic rings. The number of aromatic nitrogens is 2. The molecule has 0 saturated heterocycles. The van der Waals surface area contributed by atoms with E-state index in [1.165, 1.54) is 0 Å². The zero-order valence-electron chi connectivity index (χ0n) is 14.3. The molecule has 2 N–H and O–H groups in total. The van der Waals surface area contributed by atoms with Crippen molar-refractivity contribution >= 4 is 10.9 Å². The number of hydrogen-bond donors (Lipinski definition) is 1. The van der Waals surface area contributed by atoms with Crippen LogP contribution in [0.2, 0.25) is 0 Å². The van der Waals surface area contributed by atoms with Crippen LogP contribution in [-0.2, 0) is 13.1 Å². The van der Waals surface area contributed by atoms with E-state index in [1.54, 1.807) is 4.57 Å². The predicted molar refractivity (Wildman–Crippen MR) is 105 cm³/mol. The van der Waals surface area contributed by atoms with E-state index in [-0.39, 0.29) is 5.56 Å². The number of rotatable bonds is 4. The number of nitrogens with zero attached hydrogens (tertiary/aromatic N) is 2. The lowest BCUT2D eigenvalue weighted by Crippen LogP contribution is -2.24. The third-order valence-electron chi connectivity index (χ3n) is 4.46. The van der Waals surface area contributed by atoms with Crippen LogP contribution in [0, 0.1) is 0 Å². The van der Waals surface area contributed by atoms with Crippen molar-refractivity contribution in [2.24, 2.45) is 5.73 Å². The summed E-state index contributed by atoms with van der Waals surface area (Å²) in [6, 6.07) is 25.3. The summed E-state index contributed by atoms with van der Waals surface area (Å²) in [5, 5.41) is 0.627. The summed E-state index contributed by atoms with van der Waals surface area (Å²) in [6.07, 6.45) is 0. The van der Waals surface area contributed by atoms with Gasteiger partial charge in [0.05, 0.1) is 17.4 Å². The van der Waals surface area contributed by atoms with Crippen molar-refractivity contribution in [2.45, 2.75) is 13.1 Å². The highest BCUT2D eigenvalue weighted by atomic mass is 16.1. The number of benzene rings is 3. The van der Waals surface area contributed by atoms with Crippen LogP contribution in [0.15, 0.2) is 83.7 Å². The summed E-state index contributed by atoms with van der Waals surface area (Å²) in [5.74, 6) is 0.674. The molecule has 0 spiro atoms. The predicted octanol–water partition coefficient (Wildman–Crippen LogP) is 3.57. The zero-order chi connectivity index (χ0) is 17.9. The second kappa shape index (κ2) is 6.94. The highest BCUT2D eigenvalue weighted by Gasteiger charge is 2.13. The highest BCUT2D eigenvalue weighted by molar-refractivity contribution is 5.79. The third kappa shape index (κ3) is 3.03. The fourth-order valence-electron chi connectivity index (χ4n) is 3.16. The van der Waals surface area contributed by atoms with Crippen LogP contribution < -0.4 is 11.3 Å². The van der Waals surface area contributed by atoms with Crippen molar-refractivity contribution in [1.29, 1.82) is 0 Å². The Hall–Kier alpha value is -3.24. The topological polar surface area (TPSA) is 60.9 Å². The Morgan fingerprint density at radius 2 is 1.58 bits per heavy atom. The van der Waals surface area contributed by atoms with Crippen LogP contribution in [-0.4, -0.2) is 9.55 Å². The van der Waals surface area contributed by atoms with Crippen LogP contribution in [0.4, 0.5) is 0 Å². The number of para-hydroxylation sites is 1. The molecular formula is C22H19N3O. The van der Waals surface area contributed by atoms with Crippen LogP contribution in [0.1, 0.15) is 11.1 Å². The SMILES string of the molecule is NCc1cccc(Cn2c(-c3ccccc3)nc3ccccc3c2=O)c1. The van der Waals surface area contributed by atoms with Crippen LogP contribution >= 0.6 is 0 Å². The second-order valence-electron chi connectivity index (χ2n) is 6.23. The minimum absolute atomic E-state index is 0.0346. The summed E-state index contributed by atoms with van der Waals surface area (Å²) < 4.78 is 1.74. The molecular weight excluding hydrogens is 322 g/mol. The van der Waals surface area contributed by atoms with Gasteiger partial charge in [-0.15, -0.1) is 0 Å². The van der Waals surface area contributed by atoms with Crippen molar-refractivity contribution in [2.75, 3.05) is 0 Å². The van der Waals surface area contributed by atoms with Crippen LogP contribution in [0.5, 0.6) is 0 Å². The normalized spacial score (nSPS) is 11.0. The maximum atomic E-state index is 13.2. The van der Waals surface area contributed by atoms with Gasteiger partial charge in [0, 0.05) is 12.1 Å². The Morgan fingerprint density at radius 3 is 2.38 bits per heavy atom. The largest absolute Gasteiger partial charge is 0.326 e. The van der Waals surface area contributed by atoms with E-state index >= 15 is 0 Å². The van der Waals surface area contributed by atoms with Crippen molar-refractivity contribution in [3.63, 3.8) is 0 Å². The fourth-order valence-corrected chi connectivity index (χ4v) is 3.16. The van der Waals surface area contributed by atoms with E-state index in [1.807, 2.05) is 78.9 Å². The molecule has 0 unspecified atom stereocenters. The molecule has 0 fully saturated rings. The van der Waals surface area contributed by atoms with Gasteiger partial charge in [-0.2, -0.15) is 0 Å². The minimum Gasteiger partial charge on any atom is -0.326 e. The summed E-state index contributed by atoms with van der Waals surface area (Å²) in [5.41, 5.74) is 9.43. The van der Waals surface area contributed by atoms with Gasteiger partial charge >= 0.3 is 0 Å². The fraction of sp³-hybridized carbons (Fsp3) is 0.0909. The summed E-state index contributed by atoms with van der Waals surface area (Å²) in [6.45, 7) is 0.930. The first kappa shape index (κ1) is 16.2. The van der Waals surface area contributed by atoms with Gasteiger partial charge in [0.25, 0.3) is 5.56 Å². The molecule has 0 saturated carbocycles. The summed E-state index contributed by atoms with van der Waals surface area (Å²) in [4.78, 5) is 18.0. The minimum atomic E-state index is -0.0346. The molecule has 0 aliphatic carbocycles. The van der Waals surface area contributed by atoms with E-state index in [0.717, 1.165) is 16.7 Å². The first-order chi connectivity index (χ1) is 12.8. The van der Waals surface area contributed by atoms with Crippen molar-refractivity contribution in [3.8, 4) is 11.4 Å². The molecule has 3 aromatic carbocycles. The van der Waals surface area contributed by atoms with Gasteiger partial charge in [-0.3, -0.25) is 9.36 Å². The quantitative estimate of drug-likeness (QED) is 0.617. The van der Waals surface area contributed by atoms with Crippen molar-refractivity contribution < 1.29 is 0 Å². The Bertz CT molecular complexity index is 1120. The Kier molecular flexibility index (Phi) is 4.33. The van der Waals surface area contributed by atoms with Crippen molar-refractivity contribution in [1.82, 2.24) is 9.55 Å². The molecule has 1 heterocycles. The third-order valence-corrected chi connectivity index (χ3v) is 4.46. The lowest BCUT2D eigenvalue weighted by molar-refractivity contribution is 0.758. The maximum absolute atomic E-state index is 13.2. The first-order valence-corrected chi connectivity index (χ1v) is 8.59. The molecule has 0 amide bonds. The van der Waals surface area contributed by atoms with Crippen molar-refractivity contribution in [3.05, 3.63) is 100 Å². The number of nitrogens with two attached hydrogens (primary N) is 1. The lowest BCUT2D eigenvalue weighted by Gasteiger charge is -2.14. The van der Waals surface area contributed by atoms with Gasteiger partial charge in [0.1, 0.15) is 5.82 Å². The summed E-state index contributed by atoms with van der Waals surface area (Å²) >= 11 is 0. The smallest absolute Gasteiger partial charge is 0.261 e. The second-order valence-corrected chi connectivity index (χ2v) is 6.23. The molecule has 1 aromatic heterocycles. The molecule has 0 bridgehead atoms. The van der Waals surface area contributed by atoms with E-state index in [0.29, 0.717) is 29.8 Å². The molecule has 4 heteroatoms. The van der Waals surface area contributed by atoms with Gasteiger partial charge < -0.3 is 5.73 Å². The van der Waals surface area contributed by atoms with Gasteiger partial charge in [0.2, 0.25) is 0 Å². The molecule has 128 valence electrons. The van der Waals surface area contributed by atoms with Crippen LogP contribution in [0.3, 0.4) is 0 Å². The highest BCUT2D eigenvalue weighted by Crippen LogP contribution is 2.20.